The molecule has 1 aliphatic rings. The molecule has 0 fully saturated rings. The average Bonchev–Trinajstić information content (AvgIpc) is 3.26. The van der Waals surface area contributed by atoms with E-state index in [1.807, 2.05) is 48.7 Å². The van der Waals surface area contributed by atoms with E-state index in [4.69, 9.17) is 0 Å². The fourth-order valence-corrected chi connectivity index (χ4v) is 4.64. The van der Waals surface area contributed by atoms with Crippen molar-refractivity contribution in [2.75, 3.05) is 11.4 Å². The largest absolute Gasteiger partial charge is 0.363 e. The van der Waals surface area contributed by atoms with Crippen molar-refractivity contribution >= 4 is 38.3 Å². The third-order valence-corrected chi connectivity index (χ3v) is 6.07. The van der Waals surface area contributed by atoms with Crippen LogP contribution in [0.5, 0.6) is 0 Å². The van der Waals surface area contributed by atoms with Gasteiger partial charge >= 0.3 is 0 Å². The lowest BCUT2D eigenvalue weighted by Crippen LogP contribution is -2.48. The third kappa shape index (κ3) is 3.71. The highest BCUT2D eigenvalue weighted by Gasteiger charge is 2.27. The Morgan fingerprint density at radius 1 is 1.17 bits per heavy atom. The van der Waals surface area contributed by atoms with Gasteiger partial charge in [-0.15, -0.1) is 0 Å². The van der Waals surface area contributed by atoms with Crippen molar-refractivity contribution in [1.29, 1.82) is 0 Å². The lowest BCUT2D eigenvalue weighted by molar-refractivity contribution is 0.0938. The summed E-state index contributed by atoms with van der Waals surface area (Å²) in [6, 6.07) is 20.2. The van der Waals surface area contributed by atoms with Gasteiger partial charge in [-0.05, 0) is 47.0 Å². The number of H-pyrrole nitrogens is 1. The normalized spacial score (nSPS) is 15.8. The van der Waals surface area contributed by atoms with Gasteiger partial charge in [0.05, 0.1) is 24.6 Å². The Morgan fingerprint density at radius 3 is 2.90 bits per heavy atom. The molecule has 1 atom stereocenters. The number of benzene rings is 3. The van der Waals surface area contributed by atoms with Gasteiger partial charge < -0.3 is 15.2 Å². The fourth-order valence-electron chi connectivity index (χ4n) is 4.23. The Hall–Kier alpha value is -3.12. The fraction of sp³-hybridized carbons (Fsp3) is 0.167. The van der Waals surface area contributed by atoms with Gasteiger partial charge in [-0.25, -0.2) is 4.98 Å². The van der Waals surface area contributed by atoms with Crippen molar-refractivity contribution in [2.24, 2.45) is 0 Å². The SMILES string of the molecule is O=C(NC1Cc2cc(Br)ccc2N(Cc2cnc[nH]2)C1)c1cccc2ccccc12. The summed E-state index contributed by atoms with van der Waals surface area (Å²) in [5.41, 5.74) is 4.18. The number of nitrogens with zero attached hydrogens (tertiary/aromatic N) is 2. The number of carbonyl (C=O) groups excluding carboxylic acids is 1. The first kappa shape index (κ1) is 18.9. The molecule has 0 aliphatic carbocycles. The second-order valence-electron chi connectivity index (χ2n) is 7.63. The maximum absolute atomic E-state index is 13.2. The number of anilines is 1. The van der Waals surface area contributed by atoms with Crippen LogP contribution in [-0.2, 0) is 13.0 Å². The molecule has 6 heteroatoms. The predicted molar refractivity (Wildman–Crippen MR) is 123 cm³/mol. The number of aromatic amines is 1. The molecule has 150 valence electrons. The van der Waals surface area contributed by atoms with Crippen LogP contribution in [0.3, 0.4) is 0 Å². The first-order chi connectivity index (χ1) is 14.7. The van der Waals surface area contributed by atoms with E-state index in [-0.39, 0.29) is 11.9 Å². The minimum atomic E-state index is -0.0308. The van der Waals surface area contributed by atoms with Crippen molar-refractivity contribution in [2.45, 2.75) is 19.0 Å². The Bertz CT molecular complexity index is 1200. The summed E-state index contributed by atoms with van der Waals surface area (Å²) in [7, 11) is 0. The third-order valence-electron chi connectivity index (χ3n) is 5.57. The van der Waals surface area contributed by atoms with E-state index in [0.717, 1.165) is 40.4 Å². The number of rotatable bonds is 4. The summed E-state index contributed by atoms with van der Waals surface area (Å²) in [6.45, 7) is 1.46. The minimum Gasteiger partial charge on any atom is -0.363 e. The van der Waals surface area contributed by atoms with E-state index in [9.17, 15) is 4.79 Å². The van der Waals surface area contributed by atoms with Crippen LogP contribution in [-0.4, -0.2) is 28.5 Å². The number of hydrogen-bond donors (Lipinski definition) is 2. The lowest BCUT2D eigenvalue weighted by Gasteiger charge is -2.36. The average molecular weight is 461 g/mol. The van der Waals surface area contributed by atoms with Crippen LogP contribution in [0.2, 0.25) is 0 Å². The molecule has 0 radical (unpaired) electrons. The van der Waals surface area contributed by atoms with E-state index in [2.05, 4.69) is 54.3 Å². The first-order valence-corrected chi connectivity index (χ1v) is 10.8. The van der Waals surface area contributed by atoms with Gasteiger partial charge in [-0.2, -0.15) is 0 Å². The number of carbonyl (C=O) groups is 1. The predicted octanol–water partition coefficient (Wildman–Crippen LogP) is 4.69. The van der Waals surface area contributed by atoms with Crippen LogP contribution in [0.4, 0.5) is 5.69 Å². The molecule has 1 amide bonds. The van der Waals surface area contributed by atoms with Crippen molar-refractivity contribution in [3.8, 4) is 0 Å². The Labute approximate surface area is 183 Å². The maximum atomic E-state index is 13.2. The van der Waals surface area contributed by atoms with Gasteiger partial charge in [0.2, 0.25) is 0 Å². The molecule has 30 heavy (non-hydrogen) atoms. The Balaban J connectivity index is 1.42. The van der Waals surface area contributed by atoms with Gasteiger partial charge in [-0.1, -0.05) is 52.3 Å². The number of fused-ring (bicyclic) bond motifs is 2. The second kappa shape index (κ2) is 7.95. The maximum Gasteiger partial charge on any atom is 0.252 e. The highest BCUT2D eigenvalue weighted by molar-refractivity contribution is 9.10. The van der Waals surface area contributed by atoms with Gasteiger partial charge in [0, 0.05) is 28.5 Å². The lowest BCUT2D eigenvalue weighted by atomic mass is 9.97. The number of amides is 1. The first-order valence-electron chi connectivity index (χ1n) is 9.96. The van der Waals surface area contributed by atoms with E-state index < -0.39 is 0 Å². The van der Waals surface area contributed by atoms with Crippen molar-refractivity contribution in [1.82, 2.24) is 15.3 Å². The molecular weight excluding hydrogens is 440 g/mol. The number of imidazole rings is 1. The molecule has 0 spiro atoms. The van der Waals surface area contributed by atoms with Crippen LogP contribution >= 0.6 is 15.9 Å². The number of nitrogens with one attached hydrogen (secondary N) is 2. The molecule has 0 bridgehead atoms. The molecule has 2 N–H and O–H groups in total. The highest BCUT2D eigenvalue weighted by Crippen LogP contribution is 2.31. The van der Waals surface area contributed by atoms with Crippen LogP contribution in [0.15, 0.2) is 77.7 Å². The molecule has 0 saturated heterocycles. The van der Waals surface area contributed by atoms with Crippen molar-refractivity contribution in [3.63, 3.8) is 0 Å². The summed E-state index contributed by atoms with van der Waals surface area (Å²) in [6.07, 6.45) is 4.34. The number of aromatic nitrogens is 2. The molecule has 5 rings (SSSR count). The summed E-state index contributed by atoms with van der Waals surface area (Å²) >= 11 is 3.58. The molecule has 1 unspecified atom stereocenters. The van der Waals surface area contributed by atoms with Gasteiger partial charge in [0.25, 0.3) is 5.91 Å². The Morgan fingerprint density at radius 2 is 2.03 bits per heavy atom. The molecule has 3 aromatic carbocycles. The summed E-state index contributed by atoms with van der Waals surface area (Å²) in [4.78, 5) is 22.8. The van der Waals surface area contributed by atoms with Gasteiger partial charge in [0.1, 0.15) is 0 Å². The van der Waals surface area contributed by atoms with Gasteiger partial charge in [0.15, 0.2) is 0 Å². The second-order valence-corrected chi connectivity index (χ2v) is 8.55. The van der Waals surface area contributed by atoms with E-state index in [0.29, 0.717) is 5.56 Å². The molecule has 0 saturated carbocycles. The monoisotopic (exact) mass is 460 g/mol. The van der Waals surface area contributed by atoms with E-state index in [1.165, 1.54) is 11.3 Å². The topological polar surface area (TPSA) is 61.0 Å². The molecule has 1 aliphatic heterocycles. The molecule has 1 aromatic heterocycles. The van der Waals surface area contributed by atoms with Crippen LogP contribution in [0.25, 0.3) is 10.8 Å². The summed E-state index contributed by atoms with van der Waals surface area (Å²) < 4.78 is 1.05. The highest BCUT2D eigenvalue weighted by atomic mass is 79.9. The smallest absolute Gasteiger partial charge is 0.252 e. The zero-order valence-electron chi connectivity index (χ0n) is 16.3. The molecule has 2 heterocycles. The van der Waals surface area contributed by atoms with E-state index >= 15 is 0 Å². The number of hydrogen-bond acceptors (Lipinski definition) is 3. The van der Waals surface area contributed by atoms with Crippen LogP contribution < -0.4 is 10.2 Å². The molecule has 5 nitrogen and oxygen atoms in total. The zero-order valence-corrected chi connectivity index (χ0v) is 17.9. The van der Waals surface area contributed by atoms with Crippen LogP contribution in [0.1, 0.15) is 21.6 Å². The quantitative estimate of drug-likeness (QED) is 0.464. The number of halogens is 1. The van der Waals surface area contributed by atoms with Crippen molar-refractivity contribution in [3.05, 3.63) is 94.5 Å². The molecule has 4 aromatic rings. The Kier molecular flexibility index (Phi) is 5.01. The summed E-state index contributed by atoms with van der Waals surface area (Å²) in [5, 5.41) is 5.33. The van der Waals surface area contributed by atoms with Gasteiger partial charge in [-0.3, -0.25) is 4.79 Å². The molecular formula is C24H21BrN4O. The zero-order chi connectivity index (χ0) is 20.5. The summed E-state index contributed by atoms with van der Waals surface area (Å²) in [5.74, 6) is -0.0308. The van der Waals surface area contributed by atoms with Crippen molar-refractivity contribution < 1.29 is 4.79 Å². The standard InChI is InChI=1S/C24H21BrN4O/c25-18-8-9-23-17(10-18)11-19(13-29(23)14-20-12-26-15-27-20)28-24(30)22-7-3-5-16-4-1-2-6-21(16)22/h1-10,12,15,19H,11,13-14H2,(H,26,27)(H,28,30). The van der Waals surface area contributed by atoms with E-state index in [1.54, 1.807) is 6.33 Å². The minimum absolute atomic E-state index is 0.0150. The van der Waals surface area contributed by atoms with Crippen LogP contribution in [0, 0.1) is 0 Å².